The molecule has 0 bridgehead atoms. The van der Waals surface area contributed by atoms with Gasteiger partial charge in [-0.15, -0.1) is 0 Å². The van der Waals surface area contributed by atoms with E-state index in [1.807, 2.05) is 51.1 Å². The Morgan fingerprint density at radius 3 is 2.03 bits per heavy atom. The molecule has 0 unspecified atom stereocenters. The van der Waals surface area contributed by atoms with E-state index in [2.05, 4.69) is 4.90 Å². The normalized spacial score (nSPS) is 14.7. The van der Waals surface area contributed by atoms with Crippen LogP contribution in [0.4, 0.5) is 14.3 Å². The van der Waals surface area contributed by atoms with Crippen LogP contribution in [0.1, 0.15) is 62.0 Å². The molecule has 2 heterocycles. The highest BCUT2D eigenvalue weighted by atomic mass is 19.2. The molecule has 35 heavy (non-hydrogen) atoms. The third-order valence-electron chi connectivity index (χ3n) is 6.37. The van der Waals surface area contributed by atoms with Crippen LogP contribution in [0.5, 0.6) is 0 Å². The number of benzene rings is 1. The summed E-state index contributed by atoms with van der Waals surface area (Å²) in [7, 11) is -2.65. The van der Waals surface area contributed by atoms with Crippen molar-refractivity contribution in [3.05, 3.63) is 70.2 Å². The van der Waals surface area contributed by atoms with E-state index in [1.165, 1.54) is 0 Å². The molecule has 1 aliphatic rings. The van der Waals surface area contributed by atoms with Crippen molar-refractivity contribution in [2.24, 2.45) is 4.99 Å². The lowest BCUT2D eigenvalue weighted by Crippen LogP contribution is -2.26. The third kappa shape index (κ3) is 6.30. The van der Waals surface area contributed by atoms with Crippen LogP contribution < -0.4 is 4.90 Å². The van der Waals surface area contributed by atoms with E-state index in [9.17, 15) is 18.8 Å². The first-order valence-corrected chi connectivity index (χ1v) is 12.3. The topological polar surface area (TPSA) is 61.0 Å². The van der Waals surface area contributed by atoms with Gasteiger partial charge in [0, 0.05) is 54.7 Å². The number of hydrogen-bond acceptors (Lipinski definition) is 4. The average molecular weight is 483 g/mol. The maximum absolute atomic E-state index is 14.2. The third-order valence-corrected chi connectivity index (χ3v) is 6.37. The highest BCUT2D eigenvalue weighted by molar-refractivity contribution is 6.41. The summed E-state index contributed by atoms with van der Waals surface area (Å²) in [5.74, 6) is 0. The Hall–Kier alpha value is -2.71. The van der Waals surface area contributed by atoms with E-state index in [-0.39, 0.29) is 13.2 Å². The summed E-state index contributed by atoms with van der Waals surface area (Å²) in [4.78, 5) is 6.97. The molecule has 2 aromatic rings. The maximum Gasteiger partial charge on any atom is 0.677 e. The second kappa shape index (κ2) is 12.3. The predicted octanol–water partition coefficient (Wildman–Crippen LogP) is 5.41. The molecular weight excluding hydrogens is 447 g/mol. The number of aliphatic hydroxyl groups excluding tert-OH is 2. The molecule has 2 N–H and O–H groups in total. The van der Waals surface area contributed by atoms with Gasteiger partial charge < -0.3 is 19.6 Å². The summed E-state index contributed by atoms with van der Waals surface area (Å²) in [6, 6.07) is 9.81. The fraction of sp³-hybridized carbons (Fsp3) is 0.444. The fourth-order valence-corrected chi connectivity index (χ4v) is 4.74. The quantitative estimate of drug-likeness (QED) is 0.314. The van der Waals surface area contributed by atoms with Gasteiger partial charge in [-0.05, 0) is 94.4 Å². The molecule has 1 aromatic carbocycles. The molecule has 0 fully saturated rings. The number of nitrogens with zero attached hydrogens (tertiary/aromatic N) is 3. The van der Waals surface area contributed by atoms with Crippen LogP contribution in [0.15, 0.2) is 52.7 Å². The molecule has 3 rings (SSSR count). The van der Waals surface area contributed by atoms with Crippen molar-refractivity contribution in [1.82, 2.24) is 4.48 Å². The number of allylic oxidation sites excluding steroid dienone is 2. The van der Waals surface area contributed by atoms with E-state index in [4.69, 9.17) is 4.99 Å². The van der Waals surface area contributed by atoms with E-state index < -0.39 is 7.40 Å². The summed E-state index contributed by atoms with van der Waals surface area (Å²) in [6.45, 7) is 9.38. The molecule has 8 heteroatoms. The van der Waals surface area contributed by atoms with Crippen LogP contribution >= 0.6 is 0 Å². The lowest BCUT2D eigenvalue weighted by atomic mass is 9.94. The number of aliphatic imine (C=N–C) groups is 1. The molecule has 0 atom stereocenters. The van der Waals surface area contributed by atoms with Crippen molar-refractivity contribution in [2.75, 3.05) is 31.2 Å². The zero-order valence-corrected chi connectivity index (χ0v) is 21.2. The van der Waals surface area contributed by atoms with Crippen LogP contribution in [0.25, 0.3) is 5.57 Å². The number of anilines is 1. The summed E-state index contributed by atoms with van der Waals surface area (Å²) >= 11 is 0. The number of rotatable bonds is 12. The van der Waals surface area contributed by atoms with E-state index in [0.29, 0.717) is 17.0 Å². The minimum Gasteiger partial charge on any atom is -0.396 e. The van der Waals surface area contributed by atoms with Crippen molar-refractivity contribution in [1.29, 1.82) is 0 Å². The van der Waals surface area contributed by atoms with Gasteiger partial charge in [0.1, 0.15) is 0 Å². The molecule has 0 spiro atoms. The van der Waals surface area contributed by atoms with E-state index in [0.717, 1.165) is 77.0 Å². The highest BCUT2D eigenvalue weighted by Crippen LogP contribution is 2.37. The first-order chi connectivity index (χ1) is 16.8. The first kappa shape index (κ1) is 26.9. The molecule has 0 aliphatic carbocycles. The van der Waals surface area contributed by atoms with Gasteiger partial charge in [0.25, 0.3) is 0 Å². The van der Waals surface area contributed by atoms with Crippen molar-refractivity contribution in [2.45, 2.75) is 53.4 Å². The second-order valence-corrected chi connectivity index (χ2v) is 9.16. The number of halogens is 2. The monoisotopic (exact) mass is 483 g/mol. The zero-order chi connectivity index (χ0) is 25.5. The van der Waals surface area contributed by atoms with Crippen LogP contribution in [0.2, 0.25) is 0 Å². The van der Waals surface area contributed by atoms with Crippen molar-refractivity contribution in [3.8, 4) is 0 Å². The van der Waals surface area contributed by atoms with Crippen LogP contribution in [0, 0.1) is 13.8 Å². The smallest absolute Gasteiger partial charge is 0.396 e. The van der Waals surface area contributed by atoms with Crippen molar-refractivity contribution < 1.29 is 18.8 Å². The largest absolute Gasteiger partial charge is 0.677 e. The standard InChI is InChI=1S/C27H36BF2N3O2/c1-19-17-21(3)31-26(19)25(27-20(2)18-22(4)33(27)28(29)30)23-9-11-24(12-10-23)32(13-5-7-15-34)14-6-8-16-35/h9-12,17-18,34-35H,5-8,13-16H2,1-4H3/b26-25-. The molecule has 1 aromatic heterocycles. The van der Waals surface area contributed by atoms with Gasteiger partial charge in [0.2, 0.25) is 0 Å². The molecule has 0 saturated heterocycles. The summed E-state index contributed by atoms with van der Waals surface area (Å²) in [5, 5.41) is 18.3. The summed E-state index contributed by atoms with van der Waals surface area (Å²) in [5.41, 5.74) is 6.91. The predicted molar refractivity (Wildman–Crippen MR) is 141 cm³/mol. The maximum atomic E-state index is 14.2. The van der Waals surface area contributed by atoms with Crippen molar-refractivity contribution >= 4 is 24.4 Å². The number of unbranched alkanes of at least 4 members (excludes halogenated alkanes) is 2. The minimum absolute atomic E-state index is 0.162. The number of aliphatic hydroxyl groups is 2. The van der Waals surface area contributed by atoms with Crippen LogP contribution in [0.3, 0.4) is 0 Å². The fourth-order valence-electron chi connectivity index (χ4n) is 4.74. The van der Waals surface area contributed by atoms with Crippen molar-refractivity contribution in [3.63, 3.8) is 0 Å². The second-order valence-electron chi connectivity index (χ2n) is 9.16. The van der Waals surface area contributed by atoms with Gasteiger partial charge >= 0.3 is 7.40 Å². The van der Waals surface area contributed by atoms with E-state index >= 15 is 0 Å². The molecule has 0 radical (unpaired) electrons. The highest BCUT2D eigenvalue weighted by Gasteiger charge is 2.29. The Morgan fingerprint density at radius 2 is 1.54 bits per heavy atom. The van der Waals surface area contributed by atoms with Gasteiger partial charge in [0.05, 0.1) is 5.70 Å². The van der Waals surface area contributed by atoms with Gasteiger partial charge in [-0.2, -0.15) is 0 Å². The first-order valence-electron chi connectivity index (χ1n) is 12.3. The van der Waals surface area contributed by atoms with Crippen LogP contribution in [-0.2, 0) is 0 Å². The Labute approximate surface area is 207 Å². The summed E-state index contributed by atoms with van der Waals surface area (Å²) < 4.78 is 29.4. The number of hydrogen-bond donors (Lipinski definition) is 2. The molecule has 1 aliphatic heterocycles. The number of aromatic nitrogens is 1. The SMILES string of the molecule is CC1=CC(C)=N/C1=C(/c1ccc(N(CCCCO)CCCCO)cc1)c1c(C)cc(C)n1B(F)F. The van der Waals surface area contributed by atoms with Gasteiger partial charge in [0.15, 0.2) is 0 Å². The number of aryl methyl sites for hydroxylation is 2. The molecule has 0 saturated carbocycles. The van der Waals surface area contributed by atoms with Crippen LogP contribution in [-0.4, -0.2) is 54.1 Å². The lowest BCUT2D eigenvalue weighted by molar-refractivity contribution is 0.282. The van der Waals surface area contributed by atoms with Gasteiger partial charge in [-0.1, -0.05) is 12.1 Å². The lowest BCUT2D eigenvalue weighted by Gasteiger charge is -2.25. The minimum atomic E-state index is -2.65. The summed E-state index contributed by atoms with van der Waals surface area (Å²) in [6.07, 6.45) is 5.18. The zero-order valence-electron chi connectivity index (χ0n) is 21.2. The Bertz CT molecular complexity index is 1090. The van der Waals surface area contributed by atoms with Gasteiger partial charge in [-0.3, -0.25) is 13.6 Å². The van der Waals surface area contributed by atoms with Gasteiger partial charge in [-0.25, -0.2) is 0 Å². The molecule has 0 amide bonds. The Kier molecular flexibility index (Phi) is 9.46. The Balaban J connectivity index is 2.07. The Morgan fingerprint density at radius 1 is 0.943 bits per heavy atom. The molecule has 188 valence electrons. The average Bonchev–Trinajstić information content (AvgIpc) is 3.30. The molecular formula is C27H36BF2N3O2. The van der Waals surface area contributed by atoms with E-state index in [1.54, 1.807) is 13.0 Å². The molecule has 5 nitrogen and oxygen atoms in total.